The minimum Gasteiger partial charge on any atom is -0.351 e. The highest BCUT2D eigenvalue weighted by Gasteiger charge is 2.18. The molecule has 1 aliphatic heterocycles. The zero-order valence-electron chi connectivity index (χ0n) is 16.7. The van der Waals surface area contributed by atoms with E-state index in [0.29, 0.717) is 37.0 Å². The topological polar surface area (TPSA) is 80.1 Å². The monoisotopic (exact) mass is 408 g/mol. The molecule has 2 heterocycles. The molecule has 1 saturated heterocycles. The summed E-state index contributed by atoms with van der Waals surface area (Å²) in [5.74, 6) is 0.646. The smallest absolute Gasteiger partial charge is 0.254 e. The van der Waals surface area contributed by atoms with E-state index >= 15 is 0 Å². The van der Waals surface area contributed by atoms with Crippen molar-refractivity contribution >= 4 is 5.91 Å². The Hall–Kier alpha value is -3.06. The first-order chi connectivity index (χ1) is 14.7. The number of nitrogens with zero attached hydrogens (tertiary/aromatic N) is 2. The van der Waals surface area contributed by atoms with Crippen LogP contribution in [0.15, 0.2) is 53.1 Å². The molecule has 1 aromatic heterocycles. The van der Waals surface area contributed by atoms with Gasteiger partial charge in [-0.1, -0.05) is 41.6 Å². The van der Waals surface area contributed by atoms with Crippen molar-refractivity contribution in [2.45, 2.75) is 25.7 Å². The molecule has 3 aromatic rings. The summed E-state index contributed by atoms with van der Waals surface area (Å²) in [6.07, 6.45) is 2.93. The van der Waals surface area contributed by atoms with Crippen LogP contribution in [0, 0.1) is 11.7 Å². The molecule has 2 N–H and O–H groups in total. The third-order valence-corrected chi connectivity index (χ3v) is 5.30. The van der Waals surface area contributed by atoms with E-state index in [-0.39, 0.29) is 5.56 Å². The molecule has 30 heavy (non-hydrogen) atoms. The van der Waals surface area contributed by atoms with Crippen molar-refractivity contribution in [3.63, 3.8) is 0 Å². The summed E-state index contributed by atoms with van der Waals surface area (Å²) < 4.78 is 19.4. The van der Waals surface area contributed by atoms with E-state index in [4.69, 9.17) is 4.52 Å². The van der Waals surface area contributed by atoms with Gasteiger partial charge in [0.25, 0.3) is 5.91 Å². The maximum Gasteiger partial charge on any atom is 0.254 e. The lowest BCUT2D eigenvalue weighted by Gasteiger charge is -2.11. The van der Waals surface area contributed by atoms with Crippen molar-refractivity contribution in [3.05, 3.63) is 82.8 Å². The van der Waals surface area contributed by atoms with E-state index in [9.17, 15) is 9.18 Å². The third-order valence-electron chi connectivity index (χ3n) is 5.30. The predicted octanol–water partition coefficient (Wildman–Crippen LogP) is 2.92. The van der Waals surface area contributed by atoms with Gasteiger partial charge in [0.1, 0.15) is 5.82 Å². The average Bonchev–Trinajstić information content (AvgIpc) is 3.42. The van der Waals surface area contributed by atoms with E-state index in [1.54, 1.807) is 12.1 Å². The normalized spacial score (nSPS) is 16.0. The summed E-state index contributed by atoms with van der Waals surface area (Å²) in [5.41, 5.74) is 2.16. The highest BCUT2D eigenvalue weighted by molar-refractivity contribution is 5.94. The number of carbonyl (C=O) groups is 1. The molecule has 7 heteroatoms. The molecule has 1 aliphatic rings. The Morgan fingerprint density at radius 2 is 2.07 bits per heavy atom. The Bertz CT molecular complexity index is 984. The summed E-state index contributed by atoms with van der Waals surface area (Å²) in [4.78, 5) is 16.8. The van der Waals surface area contributed by atoms with E-state index < -0.39 is 11.7 Å². The predicted molar refractivity (Wildman–Crippen MR) is 111 cm³/mol. The van der Waals surface area contributed by atoms with Crippen LogP contribution in [-0.4, -0.2) is 35.7 Å². The highest BCUT2D eigenvalue weighted by atomic mass is 19.1. The molecule has 0 aliphatic carbocycles. The van der Waals surface area contributed by atoms with Crippen LogP contribution in [0.4, 0.5) is 4.39 Å². The Morgan fingerprint density at radius 1 is 1.20 bits per heavy atom. The van der Waals surface area contributed by atoms with Gasteiger partial charge in [0.05, 0.1) is 5.56 Å². The summed E-state index contributed by atoms with van der Waals surface area (Å²) in [6.45, 7) is 2.28. The van der Waals surface area contributed by atoms with Gasteiger partial charge in [0.2, 0.25) is 5.89 Å². The summed E-state index contributed by atoms with van der Waals surface area (Å²) in [5, 5.41) is 10.1. The lowest BCUT2D eigenvalue weighted by Crippen LogP contribution is -2.27. The van der Waals surface area contributed by atoms with Gasteiger partial charge in [0, 0.05) is 19.4 Å². The fourth-order valence-electron chi connectivity index (χ4n) is 3.72. The maximum absolute atomic E-state index is 14.2. The molecule has 1 fully saturated rings. The van der Waals surface area contributed by atoms with Gasteiger partial charge < -0.3 is 15.2 Å². The SMILES string of the molecule is O=C(NCCc1nc(Cc2ccccc2)no1)c1cc(CC2CCNC2)ccc1F. The van der Waals surface area contributed by atoms with Crippen molar-refractivity contribution in [2.24, 2.45) is 5.92 Å². The fourth-order valence-corrected chi connectivity index (χ4v) is 3.72. The number of aromatic nitrogens is 2. The van der Waals surface area contributed by atoms with Crippen LogP contribution in [0.2, 0.25) is 0 Å². The molecular formula is C23H25FN4O2. The molecular weight excluding hydrogens is 383 g/mol. The first-order valence-corrected chi connectivity index (χ1v) is 10.3. The van der Waals surface area contributed by atoms with Gasteiger partial charge in [-0.25, -0.2) is 4.39 Å². The molecule has 156 valence electrons. The standard InChI is InChI=1S/C23H25FN4O2/c24-20-7-6-17(12-18-8-10-25-15-18)13-19(20)23(29)26-11-9-22-27-21(28-30-22)14-16-4-2-1-3-5-16/h1-7,13,18,25H,8-12,14-15H2,(H,26,29). The van der Waals surface area contributed by atoms with Crippen LogP contribution in [-0.2, 0) is 19.3 Å². The van der Waals surface area contributed by atoms with Crippen LogP contribution in [0.25, 0.3) is 0 Å². The Morgan fingerprint density at radius 3 is 2.87 bits per heavy atom. The second kappa shape index (κ2) is 9.63. The van der Waals surface area contributed by atoms with E-state index in [2.05, 4.69) is 20.8 Å². The molecule has 4 rings (SSSR count). The minimum atomic E-state index is -0.510. The van der Waals surface area contributed by atoms with Gasteiger partial charge >= 0.3 is 0 Å². The molecule has 1 amide bonds. The quantitative estimate of drug-likeness (QED) is 0.599. The maximum atomic E-state index is 14.2. The Labute approximate surface area is 174 Å². The van der Waals surface area contributed by atoms with E-state index in [1.165, 1.54) is 6.07 Å². The van der Waals surface area contributed by atoms with Gasteiger partial charge in [0.15, 0.2) is 5.82 Å². The first-order valence-electron chi connectivity index (χ1n) is 10.3. The molecule has 0 spiro atoms. The molecule has 0 saturated carbocycles. The summed E-state index contributed by atoms with van der Waals surface area (Å²) in [7, 11) is 0. The van der Waals surface area contributed by atoms with Crippen LogP contribution < -0.4 is 10.6 Å². The lowest BCUT2D eigenvalue weighted by molar-refractivity contribution is 0.0949. The average molecular weight is 408 g/mol. The number of halogens is 1. The van der Waals surface area contributed by atoms with E-state index in [0.717, 1.165) is 37.1 Å². The summed E-state index contributed by atoms with van der Waals surface area (Å²) >= 11 is 0. The van der Waals surface area contributed by atoms with Crippen molar-refractivity contribution in [2.75, 3.05) is 19.6 Å². The first kappa shape index (κ1) is 20.2. The van der Waals surface area contributed by atoms with Gasteiger partial charge in [-0.2, -0.15) is 4.98 Å². The number of carbonyl (C=O) groups excluding carboxylic acids is 1. The number of nitrogens with one attached hydrogen (secondary N) is 2. The number of benzene rings is 2. The Balaban J connectivity index is 1.29. The zero-order chi connectivity index (χ0) is 20.8. The van der Waals surface area contributed by atoms with Crippen LogP contribution in [0.5, 0.6) is 0 Å². The van der Waals surface area contributed by atoms with Gasteiger partial charge in [-0.15, -0.1) is 0 Å². The zero-order valence-corrected chi connectivity index (χ0v) is 16.7. The molecule has 1 unspecified atom stereocenters. The highest BCUT2D eigenvalue weighted by Crippen LogP contribution is 2.18. The Kier molecular flexibility index (Phi) is 6.49. The number of hydrogen-bond acceptors (Lipinski definition) is 5. The summed E-state index contributed by atoms with van der Waals surface area (Å²) in [6, 6.07) is 14.7. The van der Waals surface area contributed by atoms with Crippen LogP contribution in [0.1, 0.15) is 39.6 Å². The number of rotatable bonds is 8. The van der Waals surface area contributed by atoms with Crippen molar-refractivity contribution in [1.82, 2.24) is 20.8 Å². The largest absolute Gasteiger partial charge is 0.351 e. The lowest BCUT2D eigenvalue weighted by atomic mass is 9.97. The minimum absolute atomic E-state index is 0.0775. The van der Waals surface area contributed by atoms with Crippen LogP contribution >= 0.6 is 0 Å². The molecule has 2 aromatic carbocycles. The van der Waals surface area contributed by atoms with Gasteiger partial charge in [-0.05, 0) is 55.1 Å². The van der Waals surface area contributed by atoms with Crippen LogP contribution in [0.3, 0.4) is 0 Å². The molecule has 6 nitrogen and oxygen atoms in total. The molecule has 0 radical (unpaired) electrons. The van der Waals surface area contributed by atoms with Crippen molar-refractivity contribution in [3.8, 4) is 0 Å². The van der Waals surface area contributed by atoms with Gasteiger partial charge in [-0.3, -0.25) is 4.79 Å². The number of hydrogen-bond donors (Lipinski definition) is 2. The van der Waals surface area contributed by atoms with Crippen molar-refractivity contribution < 1.29 is 13.7 Å². The number of amides is 1. The fraction of sp³-hybridized carbons (Fsp3) is 0.348. The second-order valence-electron chi connectivity index (χ2n) is 7.65. The molecule has 1 atom stereocenters. The molecule has 0 bridgehead atoms. The van der Waals surface area contributed by atoms with Crippen molar-refractivity contribution in [1.29, 1.82) is 0 Å². The second-order valence-corrected chi connectivity index (χ2v) is 7.65. The third kappa shape index (κ3) is 5.30. The van der Waals surface area contributed by atoms with E-state index in [1.807, 2.05) is 30.3 Å².